The van der Waals surface area contributed by atoms with E-state index in [9.17, 15) is 4.79 Å². The number of hydrogen-bond acceptors (Lipinski definition) is 3. The van der Waals surface area contributed by atoms with Gasteiger partial charge < -0.3 is 9.73 Å². The van der Waals surface area contributed by atoms with Gasteiger partial charge in [0.05, 0.1) is 0 Å². The van der Waals surface area contributed by atoms with Gasteiger partial charge in [-0.2, -0.15) is 0 Å². The molecular formula is C22H22N2O2S. The van der Waals surface area contributed by atoms with Crippen LogP contribution in [0.4, 0.5) is 5.69 Å². The summed E-state index contributed by atoms with van der Waals surface area (Å²) in [6, 6.07) is 15.4. The molecule has 1 amide bonds. The highest BCUT2D eigenvalue weighted by molar-refractivity contribution is 7.80. The molecule has 27 heavy (non-hydrogen) atoms. The second-order valence-corrected chi connectivity index (χ2v) is 7.03. The van der Waals surface area contributed by atoms with E-state index in [0.29, 0.717) is 5.76 Å². The minimum atomic E-state index is -0.382. The smallest absolute Gasteiger partial charge is 0.293 e. The Morgan fingerprint density at radius 2 is 1.70 bits per heavy atom. The van der Waals surface area contributed by atoms with Crippen LogP contribution in [0.15, 0.2) is 52.9 Å². The van der Waals surface area contributed by atoms with Crippen molar-refractivity contribution >= 4 is 28.9 Å². The number of nitrogens with one attached hydrogen (secondary N) is 2. The number of rotatable bonds is 3. The van der Waals surface area contributed by atoms with Crippen molar-refractivity contribution in [2.24, 2.45) is 0 Å². The molecule has 0 saturated carbocycles. The Balaban J connectivity index is 1.69. The van der Waals surface area contributed by atoms with Crippen molar-refractivity contribution in [1.82, 2.24) is 5.32 Å². The highest BCUT2D eigenvalue weighted by Gasteiger charge is 2.14. The second-order valence-electron chi connectivity index (χ2n) is 6.62. The largest absolute Gasteiger partial charge is 0.451 e. The summed E-state index contributed by atoms with van der Waals surface area (Å²) in [6.45, 7) is 8.14. The Morgan fingerprint density at radius 1 is 0.926 bits per heavy atom. The van der Waals surface area contributed by atoms with E-state index < -0.39 is 0 Å². The van der Waals surface area contributed by atoms with Crippen molar-refractivity contribution in [2.75, 3.05) is 5.32 Å². The van der Waals surface area contributed by atoms with Crippen LogP contribution >= 0.6 is 12.2 Å². The number of thiocarbonyl (C=S) groups is 1. The van der Waals surface area contributed by atoms with Crippen LogP contribution in [0.3, 0.4) is 0 Å². The number of hydrogen-bond donors (Lipinski definition) is 2. The molecular weight excluding hydrogens is 356 g/mol. The summed E-state index contributed by atoms with van der Waals surface area (Å²) < 4.78 is 5.72. The van der Waals surface area contributed by atoms with Crippen molar-refractivity contribution in [1.29, 1.82) is 0 Å². The van der Waals surface area contributed by atoms with E-state index in [1.165, 1.54) is 11.1 Å². The molecule has 4 nitrogen and oxygen atoms in total. The normalized spacial score (nSPS) is 10.5. The van der Waals surface area contributed by atoms with Crippen LogP contribution in [0.2, 0.25) is 0 Å². The molecule has 0 spiro atoms. The Morgan fingerprint density at radius 3 is 2.44 bits per heavy atom. The molecule has 0 bridgehead atoms. The standard InChI is InChI=1S/C22H22N2O2S/c1-13-8-9-17(12-15(13)3)19-10-11-20(26-19)21(25)24-22(27)23-18-7-5-6-14(2)16(18)4/h5-12H,1-4H3,(H2,23,24,25,27). The van der Waals surface area contributed by atoms with E-state index in [1.54, 1.807) is 12.1 Å². The third kappa shape index (κ3) is 4.26. The van der Waals surface area contributed by atoms with Crippen LogP contribution in [-0.2, 0) is 0 Å². The fourth-order valence-corrected chi connectivity index (χ4v) is 2.92. The molecule has 138 valence electrons. The molecule has 5 heteroatoms. The molecule has 0 aliphatic rings. The predicted molar refractivity (Wildman–Crippen MR) is 113 cm³/mol. The minimum absolute atomic E-state index is 0.216. The van der Waals surface area contributed by atoms with Gasteiger partial charge in [0.1, 0.15) is 5.76 Å². The van der Waals surface area contributed by atoms with Crippen LogP contribution in [-0.4, -0.2) is 11.0 Å². The zero-order chi connectivity index (χ0) is 19.6. The number of amides is 1. The van der Waals surface area contributed by atoms with Gasteiger partial charge >= 0.3 is 0 Å². The van der Waals surface area contributed by atoms with Crippen molar-refractivity contribution in [3.63, 3.8) is 0 Å². The number of furan rings is 1. The summed E-state index contributed by atoms with van der Waals surface area (Å²) in [5.74, 6) is 0.484. The average Bonchev–Trinajstić information content (AvgIpc) is 3.11. The lowest BCUT2D eigenvalue weighted by Crippen LogP contribution is -2.34. The van der Waals surface area contributed by atoms with Crippen LogP contribution in [0.5, 0.6) is 0 Å². The third-order valence-corrected chi connectivity index (χ3v) is 4.91. The predicted octanol–water partition coefficient (Wildman–Crippen LogP) is 5.31. The molecule has 0 saturated heterocycles. The van der Waals surface area contributed by atoms with Gasteiger partial charge in [0.15, 0.2) is 10.9 Å². The summed E-state index contributed by atoms with van der Waals surface area (Å²) in [4.78, 5) is 12.4. The van der Waals surface area contributed by atoms with Crippen LogP contribution in [0, 0.1) is 27.7 Å². The van der Waals surface area contributed by atoms with Crippen LogP contribution in [0.25, 0.3) is 11.3 Å². The molecule has 2 N–H and O–H groups in total. The molecule has 3 aromatic rings. The molecule has 0 atom stereocenters. The van der Waals surface area contributed by atoms with Gasteiger partial charge in [-0.05, 0) is 86.4 Å². The fourth-order valence-electron chi connectivity index (χ4n) is 2.71. The van der Waals surface area contributed by atoms with Crippen molar-refractivity contribution in [3.05, 3.63) is 76.5 Å². The Bertz CT molecular complexity index is 1020. The summed E-state index contributed by atoms with van der Waals surface area (Å²) in [6.07, 6.45) is 0. The lowest BCUT2D eigenvalue weighted by atomic mass is 10.1. The molecule has 0 aliphatic carbocycles. The van der Waals surface area contributed by atoms with Crippen LogP contribution in [0.1, 0.15) is 32.8 Å². The summed E-state index contributed by atoms with van der Waals surface area (Å²) >= 11 is 5.26. The van der Waals surface area contributed by atoms with E-state index >= 15 is 0 Å². The molecule has 0 unspecified atom stereocenters. The first-order valence-corrected chi connectivity index (χ1v) is 9.12. The quantitative estimate of drug-likeness (QED) is 0.607. The molecule has 0 radical (unpaired) electrons. The van der Waals surface area contributed by atoms with E-state index in [-0.39, 0.29) is 16.8 Å². The summed E-state index contributed by atoms with van der Waals surface area (Å²) in [7, 11) is 0. The Kier molecular flexibility index (Phi) is 5.42. The average molecular weight is 378 g/mol. The van der Waals surface area contributed by atoms with Gasteiger partial charge in [0.25, 0.3) is 5.91 Å². The lowest BCUT2D eigenvalue weighted by Gasteiger charge is -2.12. The van der Waals surface area contributed by atoms with Gasteiger partial charge in [-0.15, -0.1) is 0 Å². The first-order chi connectivity index (χ1) is 12.8. The van der Waals surface area contributed by atoms with Gasteiger partial charge in [-0.3, -0.25) is 10.1 Å². The van der Waals surface area contributed by atoms with Gasteiger partial charge in [-0.25, -0.2) is 0 Å². The van der Waals surface area contributed by atoms with Crippen molar-refractivity contribution < 1.29 is 9.21 Å². The maximum Gasteiger partial charge on any atom is 0.293 e. The first-order valence-electron chi connectivity index (χ1n) is 8.71. The number of carbonyl (C=O) groups is 1. The van der Waals surface area contributed by atoms with E-state index in [4.69, 9.17) is 16.6 Å². The third-order valence-electron chi connectivity index (χ3n) is 4.70. The minimum Gasteiger partial charge on any atom is -0.451 e. The molecule has 3 rings (SSSR count). The molecule has 0 fully saturated rings. The molecule has 2 aromatic carbocycles. The number of benzene rings is 2. The maximum absolute atomic E-state index is 12.4. The number of aryl methyl sites for hydroxylation is 3. The van der Waals surface area contributed by atoms with E-state index in [2.05, 4.69) is 17.6 Å². The lowest BCUT2D eigenvalue weighted by molar-refractivity contribution is 0.0951. The van der Waals surface area contributed by atoms with Gasteiger partial charge in [-0.1, -0.05) is 24.3 Å². The van der Waals surface area contributed by atoms with Gasteiger partial charge in [0, 0.05) is 11.3 Å². The van der Waals surface area contributed by atoms with Gasteiger partial charge in [0.2, 0.25) is 0 Å². The highest BCUT2D eigenvalue weighted by atomic mass is 32.1. The van der Waals surface area contributed by atoms with E-state index in [0.717, 1.165) is 22.4 Å². The Hall–Kier alpha value is -2.92. The monoisotopic (exact) mass is 378 g/mol. The maximum atomic E-state index is 12.4. The van der Waals surface area contributed by atoms with E-state index in [1.807, 2.05) is 57.2 Å². The van der Waals surface area contributed by atoms with Crippen LogP contribution < -0.4 is 10.6 Å². The van der Waals surface area contributed by atoms with Crippen molar-refractivity contribution in [2.45, 2.75) is 27.7 Å². The highest BCUT2D eigenvalue weighted by Crippen LogP contribution is 2.24. The second kappa shape index (κ2) is 7.76. The summed E-state index contributed by atoms with van der Waals surface area (Å²) in [5.41, 5.74) is 6.44. The Labute approximate surface area is 164 Å². The molecule has 0 aliphatic heterocycles. The summed E-state index contributed by atoms with van der Waals surface area (Å²) in [5, 5.41) is 5.96. The number of anilines is 1. The molecule has 1 aromatic heterocycles. The first kappa shape index (κ1) is 18.9. The fraction of sp³-hybridized carbons (Fsp3) is 0.182. The molecule has 1 heterocycles. The SMILES string of the molecule is Cc1ccc(-c2ccc(C(=O)NC(=S)Nc3cccc(C)c3C)o2)cc1C. The zero-order valence-corrected chi connectivity index (χ0v) is 16.7. The van der Waals surface area contributed by atoms with Crippen molar-refractivity contribution in [3.8, 4) is 11.3 Å². The number of carbonyl (C=O) groups excluding carboxylic acids is 1. The zero-order valence-electron chi connectivity index (χ0n) is 15.8. The topological polar surface area (TPSA) is 54.3 Å².